The lowest BCUT2D eigenvalue weighted by atomic mass is 10.2. The fraction of sp³-hybridized carbons (Fsp3) is 0.176. The van der Waals surface area contributed by atoms with Crippen LogP contribution in [0.3, 0.4) is 0 Å². The van der Waals surface area contributed by atoms with Crippen molar-refractivity contribution in [1.29, 1.82) is 0 Å². The maximum absolute atomic E-state index is 13.0. The zero-order chi connectivity index (χ0) is 20.1. The molecule has 1 aromatic heterocycles. The Morgan fingerprint density at radius 1 is 1.14 bits per heavy atom. The van der Waals surface area contributed by atoms with E-state index in [1.165, 1.54) is 48.3 Å². The van der Waals surface area contributed by atoms with E-state index in [0.29, 0.717) is 17.9 Å². The predicted molar refractivity (Wildman–Crippen MR) is 96.0 cm³/mol. The van der Waals surface area contributed by atoms with Gasteiger partial charge in [-0.25, -0.2) is 12.8 Å². The van der Waals surface area contributed by atoms with Crippen molar-refractivity contribution < 1.29 is 22.3 Å². The molecule has 2 aromatic carbocycles. The number of carbonyl (C=O) groups is 1. The van der Waals surface area contributed by atoms with Gasteiger partial charge in [-0.15, -0.1) is 10.2 Å². The molecule has 0 saturated carbocycles. The van der Waals surface area contributed by atoms with Crippen molar-refractivity contribution in [2.24, 2.45) is 0 Å². The van der Waals surface area contributed by atoms with E-state index in [-0.39, 0.29) is 10.7 Å². The molecular formula is C17H16FN5O4S. The molecule has 0 aliphatic carbocycles. The summed E-state index contributed by atoms with van der Waals surface area (Å²) in [4.78, 5) is 12.4. The van der Waals surface area contributed by atoms with Gasteiger partial charge in [0.2, 0.25) is 15.8 Å². The number of methoxy groups -OCH3 is 1. The second-order valence-corrected chi connectivity index (χ2v) is 7.46. The highest BCUT2D eigenvalue weighted by molar-refractivity contribution is 7.89. The molecule has 0 amide bonds. The van der Waals surface area contributed by atoms with Crippen molar-refractivity contribution in [1.82, 2.24) is 24.9 Å². The molecule has 0 saturated heterocycles. The van der Waals surface area contributed by atoms with Crippen LogP contribution < -0.4 is 4.72 Å². The first-order valence-corrected chi connectivity index (χ1v) is 9.55. The SMILES string of the molecule is COC(=O)CNS(=O)(=O)c1ccc(-c2nnn(Cc3ccc(F)cc3)n2)cc1. The molecule has 9 nitrogen and oxygen atoms in total. The van der Waals surface area contributed by atoms with Gasteiger partial charge in [0.25, 0.3) is 0 Å². The van der Waals surface area contributed by atoms with E-state index < -0.39 is 22.5 Å². The highest BCUT2D eigenvalue weighted by atomic mass is 32.2. The number of ether oxygens (including phenoxy) is 1. The molecule has 146 valence electrons. The maximum atomic E-state index is 13.0. The second-order valence-electron chi connectivity index (χ2n) is 5.69. The molecule has 0 bridgehead atoms. The summed E-state index contributed by atoms with van der Waals surface area (Å²) in [5.74, 6) is -0.706. The number of hydrogen-bond donors (Lipinski definition) is 1. The molecule has 28 heavy (non-hydrogen) atoms. The lowest BCUT2D eigenvalue weighted by molar-refractivity contribution is -0.139. The lowest BCUT2D eigenvalue weighted by Gasteiger charge is -2.06. The number of esters is 1. The van der Waals surface area contributed by atoms with Crippen LogP contribution in [0.1, 0.15) is 5.56 Å². The molecule has 1 N–H and O–H groups in total. The van der Waals surface area contributed by atoms with E-state index in [9.17, 15) is 17.6 Å². The third-order valence-corrected chi connectivity index (χ3v) is 5.16. The summed E-state index contributed by atoms with van der Waals surface area (Å²) in [5, 5.41) is 12.1. The minimum atomic E-state index is -3.85. The van der Waals surface area contributed by atoms with Gasteiger partial charge < -0.3 is 4.74 Å². The largest absolute Gasteiger partial charge is 0.468 e. The molecule has 0 fully saturated rings. The van der Waals surface area contributed by atoms with E-state index in [1.54, 1.807) is 12.1 Å². The Hall–Kier alpha value is -3.18. The minimum absolute atomic E-state index is 0.0149. The smallest absolute Gasteiger partial charge is 0.320 e. The van der Waals surface area contributed by atoms with Gasteiger partial charge in [-0.1, -0.05) is 12.1 Å². The molecule has 1 heterocycles. The molecule has 0 unspecified atom stereocenters. The number of benzene rings is 2. The van der Waals surface area contributed by atoms with Crippen molar-refractivity contribution in [2.45, 2.75) is 11.4 Å². The van der Waals surface area contributed by atoms with Crippen molar-refractivity contribution in [2.75, 3.05) is 13.7 Å². The fourth-order valence-electron chi connectivity index (χ4n) is 2.27. The Morgan fingerprint density at radius 3 is 2.46 bits per heavy atom. The Morgan fingerprint density at radius 2 is 1.82 bits per heavy atom. The number of hydrogen-bond acceptors (Lipinski definition) is 7. The average Bonchev–Trinajstić information content (AvgIpc) is 3.16. The van der Waals surface area contributed by atoms with Crippen LogP contribution in [0.2, 0.25) is 0 Å². The van der Waals surface area contributed by atoms with Crippen LogP contribution in [-0.4, -0.2) is 48.2 Å². The van der Waals surface area contributed by atoms with Gasteiger partial charge in [0.1, 0.15) is 12.4 Å². The Bertz CT molecular complexity index is 1070. The van der Waals surface area contributed by atoms with Crippen molar-refractivity contribution in [3.63, 3.8) is 0 Å². The topological polar surface area (TPSA) is 116 Å². The third-order valence-electron chi connectivity index (χ3n) is 3.75. The molecule has 0 atom stereocenters. The van der Waals surface area contributed by atoms with Crippen molar-refractivity contribution in [3.8, 4) is 11.4 Å². The summed E-state index contributed by atoms with van der Waals surface area (Å²) < 4.78 is 43.8. The van der Waals surface area contributed by atoms with Crippen LogP contribution >= 0.6 is 0 Å². The second kappa shape index (κ2) is 8.23. The van der Waals surface area contributed by atoms with Gasteiger partial charge in [0.15, 0.2) is 0 Å². The van der Waals surface area contributed by atoms with Crippen LogP contribution in [0.5, 0.6) is 0 Å². The van der Waals surface area contributed by atoms with Crippen LogP contribution in [0, 0.1) is 5.82 Å². The predicted octanol–water partition coefficient (Wildman–Crippen LogP) is 0.979. The molecule has 3 rings (SSSR count). The van der Waals surface area contributed by atoms with Crippen LogP contribution in [-0.2, 0) is 26.1 Å². The van der Waals surface area contributed by atoms with Crippen LogP contribution in [0.15, 0.2) is 53.4 Å². The number of halogens is 1. The molecule has 0 aliphatic rings. The first kappa shape index (κ1) is 19.6. The number of nitrogens with zero attached hydrogens (tertiary/aromatic N) is 4. The van der Waals surface area contributed by atoms with E-state index >= 15 is 0 Å². The van der Waals surface area contributed by atoms with Crippen LogP contribution in [0.4, 0.5) is 4.39 Å². The summed E-state index contributed by atoms with van der Waals surface area (Å²) >= 11 is 0. The number of aromatic nitrogens is 4. The van der Waals surface area contributed by atoms with Gasteiger partial charge in [-0.2, -0.15) is 9.52 Å². The average molecular weight is 405 g/mol. The van der Waals surface area contributed by atoms with Gasteiger partial charge >= 0.3 is 5.97 Å². The quantitative estimate of drug-likeness (QED) is 0.583. The van der Waals surface area contributed by atoms with Crippen LogP contribution in [0.25, 0.3) is 11.4 Å². The fourth-order valence-corrected chi connectivity index (χ4v) is 3.24. The molecule has 3 aromatic rings. The summed E-state index contributed by atoms with van der Waals surface area (Å²) in [7, 11) is -2.68. The summed E-state index contributed by atoms with van der Waals surface area (Å²) in [6, 6.07) is 11.8. The number of carbonyl (C=O) groups excluding carboxylic acids is 1. The lowest BCUT2D eigenvalue weighted by Crippen LogP contribution is -2.30. The zero-order valence-corrected chi connectivity index (χ0v) is 15.6. The maximum Gasteiger partial charge on any atom is 0.320 e. The van der Waals surface area contributed by atoms with E-state index in [4.69, 9.17) is 0 Å². The van der Waals surface area contributed by atoms with Crippen molar-refractivity contribution in [3.05, 3.63) is 59.9 Å². The molecule has 11 heteroatoms. The minimum Gasteiger partial charge on any atom is -0.468 e. The Balaban J connectivity index is 1.70. The normalized spacial score (nSPS) is 11.4. The standard InChI is InChI=1S/C17H16FN5O4S/c1-27-16(24)10-19-28(25,26)15-8-4-13(5-9-15)17-20-22-23(21-17)11-12-2-6-14(18)7-3-12/h2-9,19H,10-11H2,1H3. The highest BCUT2D eigenvalue weighted by Gasteiger charge is 2.16. The molecular weight excluding hydrogens is 389 g/mol. The number of rotatable bonds is 7. The number of sulfonamides is 1. The van der Waals surface area contributed by atoms with E-state index in [2.05, 4.69) is 24.9 Å². The summed E-state index contributed by atoms with van der Waals surface area (Å²) in [5.41, 5.74) is 1.38. The van der Waals surface area contributed by atoms with Gasteiger partial charge in [-0.3, -0.25) is 4.79 Å². The monoisotopic (exact) mass is 405 g/mol. The molecule has 0 aliphatic heterocycles. The highest BCUT2D eigenvalue weighted by Crippen LogP contribution is 2.17. The third kappa shape index (κ3) is 4.75. The first-order valence-electron chi connectivity index (χ1n) is 8.06. The van der Waals surface area contributed by atoms with Gasteiger partial charge in [0, 0.05) is 5.56 Å². The summed E-state index contributed by atoms with van der Waals surface area (Å²) in [6.07, 6.45) is 0. The molecule has 0 spiro atoms. The number of nitrogens with one attached hydrogen (secondary N) is 1. The van der Waals surface area contributed by atoms with E-state index in [0.717, 1.165) is 5.56 Å². The number of tetrazole rings is 1. The van der Waals surface area contributed by atoms with Gasteiger partial charge in [0.05, 0.1) is 18.6 Å². The molecule has 0 radical (unpaired) electrons. The Labute approximate surface area is 160 Å². The summed E-state index contributed by atoms with van der Waals surface area (Å²) in [6.45, 7) is -0.142. The Kier molecular flexibility index (Phi) is 5.76. The van der Waals surface area contributed by atoms with Crippen molar-refractivity contribution >= 4 is 16.0 Å². The first-order chi connectivity index (χ1) is 13.4. The van der Waals surface area contributed by atoms with E-state index in [1.807, 2.05) is 0 Å². The van der Waals surface area contributed by atoms with Gasteiger partial charge in [-0.05, 0) is 47.2 Å². The zero-order valence-electron chi connectivity index (χ0n) is 14.7.